The zero-order chi connectivity index (χ0) is 13.5. The van der Waals surface area contributed by atoms with Gasteiger partial charge in [0.2, 0.25) is 0 Å². The molecule has 1 aliphatic heterocycles. The third-order valence-corrected chi connectivity index (χ3v) is 3.21. The highest BCUT2D eigenvalue weighted by molar-refractivity contribution is 5.17. The minimum absolute atomic E-state index is 0.0416. The standard InChI is InChI=1S/C14H22N2O3/c1-3-5-8-18-14-11-13(19-15-14)12(4-2)16-6-9-17-10-7-16/h4,11-12H,2-3,5-10H2,1H3/t12-/m0/s1. The van der Waals surface area contributed by atoms with Crippen LogP contribution in [-0.4, -0.2) is 43.0 Å². The van der Waals surface area contributed by atoms with Crippen LogP contribution in [0.4, 0.5) is 0 Å². The lowest BCUT2D eigenvalue weighted by molar-refractivity contribution is 0.0206. The average molecular weight is 266 g/mol. The molecule has 1 atom stereocenters. The van der Waals surface area contributed by atoms with Gasteiger partial charge in [0.25, 0.3) is 5.88 Å². The summed E-state index contributed by atoms with van der Waals surface area (Å²) in [6.45, 7) is 9.95. The zero-order valence-corrected chi connectivity index (χ0v) is 11.5. The molecule has 0 spiro atoms. The molecule has 0 saturated carbocycles. The van der Waals surface area contributed by atoms with Gasteiger partial charge < -0.3 is 14.0 Å². The molecule has 2 rings (SSSR count). The third-order valence-electron chi connectivity index (χ3n) is 3.21. The molecule has 2 heterocycles. The van der Waals surface area contributed by atoms with E-state index in [1.54, 1.807) is 0 Å². The van der Waals surface area contributed by atoms with Gasteiger partial charge in [0.15, 0.2) is 5.76 Å². The van der Waals surface area contributed by atoms with Crippen LogP contribution in [0.2, 0.25) is 0 Å². The van der Waals surface area contributed by atoms with Crippen LogP contribution in [0.25, 0.3) is 0 Å². The van der Waals surface area contributed by atoms with E-state index in [-0.39, 0.29) is 6.04 Å². The quantitative estimate of drug-likeness (QED) is 0.560. The van der Waals surface area contributed by atoms with Crippen molar-refractivity contribution in [3.05, 3.63) is 24.5 Å². The van der Waals surface area contributed by atoms with Crippen molar-refractivity contribution in [2.45, 2.75) is 25.8 Å². The smallest absolute Gasteiger partial charge is 0.254 e. The largest absolute Gasteiger partial charge is 0.476 e. The number of hydrogen-bond acceptors (Lipinski definition) is 5. The normalized spacial score (nSPS) is 18.2. The van der Waals surface area contributed by atoms with Crippen molar-refractivity contribution in [3.8, 4) is 5.88 Å². The molecular weight excluding hydrogens is 244 g/mol. The molecule has 0 aliphatic carbocycles. The number of nitrogens with zero attached hydrogens (tertiary/aromatic N) is 2. The molecule has 0 N–H and O–H groups in total. The fourth-order valence-corrected chi connectivity index (χ4v) is 2.10. The van der Waals surface area contributed by atoms with Crippen LogP contribution in [0.1, 0.15) is 31.6 Å². The van der Waals surface area contributed by atoms with Gasteiger partial charge >= 0.3 is 0 Å². The van der Waals surface area contributed by atoms with E-state index in [0.29, 0.717) is 12.5 Å². The Hall–Kier alpha value is -1.33. The second-order valence-corrected chi connectivity index (χ2v) is 4.60. The molecule has 106 valence electrons. The number of unbranched alkanes of at least 4 members (excludes halogenated alkanes) is 1. The lowest BCUT2D eigenvalue weighted by Gasteiger charge is -2.30. The lowest BCUT2D eigenvalue weighted by Crippen LogP contribution is -2.38. The van der Waals surface area contributed by atoms with Crippen molar-refractivity contribution in [1.29, 1.82) is 0 Å². The maximum absolute atomic E-state index is 5.53. The van der Waals surface area contributed by atoms with Crippen LogP contribution in [0.15, 0.2) is 23.2 Å². The van der Waals surface area contributed by atoms with E-state index in [1.165, 1.54) is 0 Å². The monoisotopic (exact) mass is 266 g/mol. The molecule has 1 saturated heterocycles. The van der Waals surface area contributed by atoms with Crippen molar-refractivity contribution in [2.75, 3.05) is 32.9 Å². The lowest BCUT2D eigenvalue weighted by atomic mass is 10.2. The fourth-order valence-electron chi connectivity index (χ4n) is 2.10. The maximum atomic E-state index is 5.53. The van der Waals surface area contributed by atoms with Gasteiger partial charge in [-0.3, -0.25) is 4.90 Å². The number of morpholine rings is 1. The van der Waals surface area contributed by atoms with E-state index < -0.39 is 0 Å². The van der Waals surface area contributed by atoms with E-state index in [1.807, 2.05) is 12.1 Å². The molecule has 1 aromatic heterocycles. The first-order valence-electron chi connectivity index (χ1n) is 6.89. The Morgan fingerprint density at radius 2 is 2.32 bits per heavy atom. The van der Waals surface area contributed by atoms with Gasteiger partial charge in [-0.1, -0.05) is 19.4 Å². The molecule has 1 aromatic rings. The number of rotatable bonds is 7. The molecule has 0 amide bonds. The average Bonchev–Trinajstić information content (AvgIpc) is 2.90. The van der Waals surface area contributed by atoms with Gasteiger partial charge in [-0.2, -0.15) is 0 Å². The molecular formula is C14H22N2O3. The Morgan fingerprint density at radius 3 is 3.00 bits per heavy atom. The van der Waals surface area contributed by atoms with Crippen LogP contribution in [-0.2, 0) is 4.74 Å². The number of hydrogen-bond donors (Lipinski definition) is 0. The predicted molar refractivity (Wildman–Crippen MR) is 72.2 cm³/mol. The second kappa shape index (κ2) is 7.31. The third kappa shape index (κ3) is 3.81. The summed E-state index contributed by atoms with van der Waals surface area (Å²) in [5.74, 6) is 1.34. The van der Waals surface area contributed by atoms with E-state index in [2.05, 4.69) is 23.6 Å². The van der Waals surface area contributed by atoms with Gasteiger partial charge in [-0.25, -0.2) is 0 Å². The van der Waals surface area contributed by atoms with E-state index in [9.17, 15) is 0 Å². The molecule has 5 nitrogen and oxygen atoms in total. The summed E-state index contributed by atoms with van der Waals surface area (Å²) in [5, 5.41) is 3.95. The second-order valence-electron chi connectivity index (χ2n) is 4.60. The van der Waals surface area contributed by atoms with Gasteiger partial charge in [0.1, 0.15) is 0 Å². The van der Waals surface area contributed by atoms with Crippen molar-refractivity contribution < 1.29 is 14.0 Å². The van der Waals surface area contributed by atoms with Gasteiger partial charge in [0.05, 0.1) is 25.9 Å². The van der Waals surface area contributed by atoms with Gasteiger partial charge in [0, 0.05) is 19.2 Å². The molecule has 5 heteroatoms. The minimum atomic E-state index is 0.0416. The fraction of sp³-hybridized carbons (Fsp3) is 0.643. The van der Waals surface area contributed by atoms with Crippen LogP contribution in [0, 0.1) is 0 Å². The molecule has 1 aliphatic rings. The highest BCUT2D eigenvalue weighted by Gasteiger charge is 2.23. The molecule has 1 fully saturated rings. The Morgan fingerprint density at radius 1 is 1.53 bits per heavy atom. The molecule has 0 aromatic carbocycles. The highest BCUT2D eigenvalue weighted by atomic mass is 16.5. The summed E-state index contributed by atoms with van der Waals surface area (Å²) in [4.78, 5) is 2.27. The summed E-state index contributed by atoms with van der Waals surface area (Å²) >= 11 is 0. The van der Waals surface area contributed by atoms with Crippen molar-refractivity contribution in [3.63, 3.8) is 0 Å². The SMILES string of the molecule is C=C[C@@H](c1cc(OCCCC)no1)N1CCOCC1. The van der Waals surface area contributed by atoms with Crippen LogP contribution >= 0.6 is 0 Å². The Bertz CT molecular complexity index is 386. The van der Waals surface area contributed by atoms with E-state index in [0.717, 1.165) is 44.9 Å². The predicted octanol–water partition coefficient (Wildman–Crippen LogP) is 2.41. The number of ether oxygens (including phenoxy) is 2. The first-order valence-corrected chi connectivity index (χ1v) is 6.89. The molecule has 0 bridgehead atoms. The number of aromatic nitrogens is 1. The molecule has 0 radical (unpaired) electrons. The zero-order valence-electron chi connectivity index (χ0n) is 11.5. The molecule has 0 unspecified atom stereocenters. The summed E-state index contributed by atoms with van der Waals surface area (Å²) in [6, 6.07) is 1.90. The Kier molecular flexibility index (Phi) is 5.42. The first kappa shape index (κ1) is 14.1. The van der Waals surface area contributed by atoms with Gasteiger partial charge in [-0.05, 0) is 11.6 Å². The topological polar surface area (TPSA) is 47.7 Å². The summed E-state index contributed by atoms with van der Waals surface area (Å²) in [5.41, 5.74) is 0. The first-order chi connectivity index (χ1) is 9.35. The van der Waals surface area contributed by atoms with E-state index in [4.69, 9.17) is 14.0 Å². The summed E-state index contributed by atoms with van der Waals surface area (Å²) in [6.07, 6.45) is 4.01. The minimum Gasteiger partial charge on any atom is -0.476 e. The van der Waals surface area contributed by atoms with Gasteiger partial charge in [-0.15, -0.1) is 6.58 Å². The maximum Gasteiger partial charge on any atom is 0.254 e. The highest BCUT2D eigenvalue weighted by Crippen LogP contribution is 2.25. The van der Waals surface area contributed by atoms with Crippen molar-refractivity contribution in [2.24, 2.45) is 0 Å². The summed E-state index contributed by atoms with van der Waals surface area (Å²) < 4.78 is 16.3. The van der Waals surface area contributed by atoms with Crippen LogP contribution < -0.4 is 4.74 Å². The van der Waals surface area contributed by atoms with Crippen LogP contribution in [0.3, 0.4) is 0 Å². The van der Waals surface area contributed by atoms with E-state index >= 15 is 0 Å². The Labute approximate surface area is 114 Å². The summed E-state index contributed by atoms with van der Waals surface area (Å²) in [7, 11) is 0. The Balaban J connectivity index is 1.96. The van der Waals surface area contributed by atoms with Crippen molar-refractivity contribution in [1.82, 2.24) is 10.1 Å². The van der Waals surface area contributed by atoms with Crippen LogP contribution in [0.5, 0.6) is 5.88 Å². The van der Waals surface area contributed by atoms with Crippen molar-refractivity contribution >= 4 is 0 Å². The molecule has 19 heavy (non-hydrogen) atoms.